The van der Waals surface area contributed by atoms with Gasteiger partial charge in [0.15, 0.2) is 0 Å². The van der Waals surface area contributed by atoms with Gasteiger partial charge in [0.05, 0.1) is 25.2 Å². The number of aliphatic hydroxyl groups excluding tert-OH is 2. The molecule has 1 amide bonds. The van der Waals surface area contributed by atoms with E-state index in [1.807, 2.05) is 0 Å². The molecule has 0 radical (unpaired) electrons. The first-order valence-corrected chi connectivity index (χ1v) is 27.4. The second-order valence-corrected chi connectivity index (χ2v) is 18.7. The third-order valence-electron chi connectivity index (χ3n) is 12.5. The standard InChI is InChI=1S/C57H105NO5/c1-4-7-10-13-16-19-22-25-27-28-29-30-32-35-38-41-44-47-50-57(62)63-53(48-45-42-39-36-33-24-21-18-15-12-9-6-3)51-56(61)58-54(52-59)55(60)49-46-43-40-37-34-31-26-23-20-17-14-11-8-5-2/h16,19,22,25,27-30,53-55,59-60H,4-15,17-18,20-21,23-24,26,31-52H2,1-3H3,(H,58,61)/b19-16+,25-22+,28-27+,30-29+. The predicted molar refractivity (Wildman–Crippen MR) is 273 cm³/mol. The molecule has 0 rings (SSSR count). The van der Waals surface area contributed by atoms with Crippen LogP contribution in [-0.2, 0) is 14.3 Å². The minimum Gasteiger partial charge on any atom is -0.462 e. The number of ether oxygens (including phenoxy) is 1. The van der Waals surface area contributed by atoms with Gasteiger partial charge in [-0.2, -0.15) is 0 Å². The quantitative estimate of drug-likeness (QED) is 0.0321. The van der Waals surface area contributed by atoms with Crippen LogP contribution < -0.4 is 5.32 Å². The third kappa shape index (κ3) is 46.2. The Morgan fingerprint density at radius 1 is 0.460 bits per heavy atom. The molecule has 0 aromatic heterocycles. The van der Waals surface area contributed by atoms with E-state index < -0.39 is 18.2 Å². The Morgan fingerprint density at radius 3 is 1.25 bits per heavy atom. The van der Waals surface area contributed by atoms with E-state index in [0.29, 0.717) is 19.3 Å². The number of nitrogens with one attached hydrogen (secondary N) is 1. The van der Waals surface area contributed by atoms with E-state index in [2.05, 4.69) is 74.7 Å². The highest BCUT2D eigenvalue weighted by atomic mass is 16.5. The first-order valence-electron chi connectivity index (χ1n) is 27.4. The van der Waals surface area contributed by atoms with Crippen molar-refractivity contribution in [1.82, 2.24) is 5.32 Å². The second kappa shape index (κ2) is 50.8. The smallest absolute Gasteiger partial charge is 0.306 e. The van der Waals surface area contributed by atoms with E-state index in [0.717, 1.165) is 77.0 Å². The Kier molecular flexibility index (Phi) is 49.1. The number of amides is 1. The normalized spacial score (nSPS) is 13.5. The van der Waals surface area contributed by atoms with Crippen LogP contribution >= 0.6 is 0 Å². The van der Waals surface area contributed by atoms with Gasteiger partial charge in [0, 0.05) is 6.42 Å². The van der Waals surface area contributed by atoms with E-state index in [1.165, 1.54) is 154 Å². The zero-order valence-electron chi connectivity index (χ0n) is 42.0. The van der Waals surface area contributed by atoms with Crippen LogP contribution in [0.2, 0.25) is 0 Å². The van der Waals surface area contributed by atoms with Gasteiger partial charge >= 0.3 is 5.97 Å². The van der Waals surface area contributed by atoms with Crippen molar-refractivity contribution in [2.75, 3.05) is 6.61 Å². The molecular formula is C57H105NO5. The van der Waals surface area contributed by atoms with Gasteiger partial charge in [-0.3, -0.25) is 9.59 Å². The number of allylic oxidation sites excluding steroid dienone is 8. The summed E-state index contributed by atoms with van der Waals surface area (Å²) in [7, 11) is 0. The zero-order valence-corrected chi connectivity index (χ0v) is 42.0. The van der Waals surface area contributed by atoms with Crippen LogP contribution in [0.1, 0.15) is 278 Å². The number of rotatable bonds is 49. The van der Waals surface area contributed by atoms with Crippen molar-refractivity contribution in [3.63, 3.8) is 0 Å². The summed E-state index contributed by atoms with van der Waals surface area (Å²) < 4.78 is 5.94. The molecule has 0 saturated heterocycles. The fourth-order valence-electron chi connectivity index (χ4n) is 8.33. The van der Waals surface area contributed by atoms with Crippen molar-refractivity contribution in [3.8, 4) is 0 Å². The van der Waals surface area contributed by atoms with Crippen LogP contribution in [0.3, 0.4) is 0 Å². The Balaban J connectivity index is 4.56. The molecule has 0 aromatic carbocycles. The number of carbonyl (C=O) groups excluding carboxylic acids is 2. The van der Waals surface area contributed by atoms with E-state index in [-0.39, 0.29) is 24.9 Å². The fraction of sp³-hybridized carbons (Fsp3) is 0.825. The maximum absolute atomic E-state index is 13.2. The van der Waals surface area contributed by atoms with Gasteiger partial charge < -0.3 is 20.3 Å². The number of unbranched alkanes of at least 4 members (excludes halogenated alkanes) is 32. The molecule has 63 heavy (non-hydrogen) atoms. The van der Waals surface area contributed by atoms with E-state index in [4.69, 9.17) is 4.74 Å². The monoisotopic (exact) mass is 884 g/mol. The molecule has 3 unspecified atom stereocenters. The average molecular weight is 884 g/mol. The maximum Gasteiger partial charge on any atom is 0.306 e. The number of esters is 1. The van der Waals surface area contributed by atoms with Crippen LogP contribution in [0.25, 0.3) is 0 Å². The van der Waals surface area contributed by atoms with Crippen LogP contribution in [-0.4, -0.2) is 46.9 Å². The lowest BCUT2D eigenvalue weighted by molar-refractivity contribution is -0.151. The molecule has 0 fully saturated rings. The minimum absolute atomic E-state index is 0.0705. The molecule has 0 aliphatic heterocycles. The summed E-state index contributed by atoms with van der Waals surface area (Å²) in [6.45, 7) is 6.46. The van der Waals surface area contributed by atoms with Crippen LogP contribution in [0.4, 0.5) is 0 Å². The van der Waals surface area contributed by atoms with Gasteiger partial charge in [-0.25, -0.2) is 0 Å². The minimum atomic E-state index is -0.790. The first kappa shape index (κ1) is 60.8. The molecule has 6 heteroatoms. The molecule has 0 aliphatic rings. The van der Waals surface area contributed by atoms with Crippen molar-refractivity contribution in [2.24, 2.45) is 0 Å². The number of hydrogen-bond donors (Lipinski definition) is 3. The number of aliphatic hydroxyl groups is 2. The Morgan fingerprint density at radius 2 is 0.810 bits per heavy atom. The summed E-state index contributed by atoms with van der Waals surface area (Å²) in [5.41, 5.74) is 0. The predicted octanol–water partition coefficient (Wildman–Crippen LogP) is 16.6. The Labute approximate surface area is 391 Å². The third-order valence-corrected chi connectivity index (χ3v) is 12.5. The van der Waals surface area contributed by atoms with E-state index in [1.54, 1.807) is 0 Å². The van der Waals surface area contributed by atoms with Crippen molar-refractivity contribution >= 4 is 11.9 Å². The van der Waals surface area contributed by atoms with Crippen molar-refractivity contribution < 1.29 is 24.5 Å². The van der Waals surface area contributed by atoms with Crippen molar-refractivity contribution in [1.29, 1.82) is 0 Å². The molecule has 0 aromatic rings. The number of carbonyl (C=O) groups is 2. The summed E-state index contributed by atoms with van der Waals surface area (Å²) in [5.74, 6) is -0.490. The molecule has 0 saturated carbocycles. The van der Waals surface area contributed by atoms with Gasteiger partial charge in [0.25, 0.3) is 0 Å². The topological polar surface area (TPSA) is 95.9 Å². The second-order valence-electron chi connectivity index (χ2n) is 18.7. The highest BCUT2D eigenvalue weighted by molar-refractivity contribution is 5.77. The maximum atomic E-state index is 13.2. The summed E-state index contributed by atoms with van der Waals surface area (Å²) in [6, 6.07) is -0.705. The lowest BCUT2D eigenvalue weighted by Crippen LogP contribution is -2.46. The van der Waals surface area contributed by atoms with E-state index >= 15 is 0 Å². The highest BCUT2D eigenvalue weighted by Crippen LogP contribution is 2.18. The Bertz CT molecular complexity index is 1080. The fourth-order valence-corrected chi connectivity index (χ4v) is 8.33. The lowest BCUT2D eigenvalue weighted by atomic mass is 10.0. The molecule has 0 spiro atoms. The molecule has 6 nitrogen and oxygen atoms in total. The summed E-state index contributed by atoms with van der Waals surface area (Å²) in [4.78, 5) is 26.2. The largest absolute Gasteiger partial charge is 0.462 e. The lowest BCUT2D eigenvalue weighted by Gasteiger charge is -2.24. The average Bonchev–Trinajstić information content (AvgIpc) is 3.28. The molecule has 368 valence electrons. The van der Waals surface area contributed by atoms with Crippen molar-refractivity contribution in [3.05, 3.63) is 48.6 Å². The molecular weight excluding hydrogens is 779 g/mol. The molecule has 0 bridgehead atoms. The van der Waals surface area contributed by atoms with Crippen LogP contribution in [0.5, 0.6) is 0 Å². The molecule has 0 aliphatic carbocycles. The van der Waals surface area contributed by atoms with Gasteiger partial charge in [0.2, 0.25) is 5.91 Å². The van der Waals surface area contributed by atoms with Crippen LogP contribution in [0, 0.1) is 0 Å². The molecule has 3 N–H and O–H groups in total. The van der Waals surface area contributed by atoms with E-state index in [9.17, 15) is 19.8 Å². The van der Waals surface area contributed by atoms with Gasteiger partial charge in [-0.1, -0.05) is 262 Å². The SMILES string of the molecule is CCCCC/C=C/C=C/C=C/C=C/CCCCCCCC(=O)OC(CCCCCCCCCCCCCC)CC(=O)NC(CO)C(O)CCCCCCCCCCCCCCCC. The first-order chi connectivity index (χ1) is 31.0. The summed E-state index contributed by atoms with van der Waals surface area (Å²) >= 11 is 0. The molecule has 3 atom stereocenters. The molecule has 0 heterocycles. The van der Waals surface area contributed by atoms with Gasteiger partial charge in [-0.15, -0.1) is 0 Å². The van der Waals surface area contributed by atoms with Gasteiger partial charge in [0.1, 0.15) is 6.10 Å². The summed E-state index contributed by atoms with van der Waals surface area (Å²) in [5, 5.41) is 23.8. The summed E-state index contributed by atoms with van der Waals surface area (Å²) in [6.07, 6.45) is 61.6. The number of hydrogen-bond acceptors (Lipinski definition) is 5. The van der Waals surface area contributed by atoms with Crippen LogP contribution in [0.15, 0.2) is 48.6 Å². The highest BCUT2D eigenvalue weighted by Gasteiger charge is 2.24. The Hall–Kier alpha value is -2.18. The zero-order chi connectivity index (χ0) is 45.9. The van der Waals surface area contributed by atoms with Crippen molar-refractivity contribution in [2.45, 2.75) is 296 Å². The van der Waals surface area contributed by atoms with Gasteiger partial charge in [-0.05, 0) is 51.4 Å².